The fraction of sp³-hybridized carbons (Fsp3) is 0.300. The number of ether oxygens (including phenoxy) is 4. The van der Waals surface area contributed by atoms with E-state index in [1.807, 2.05) is 42.5 Å². The molecule has 0 spiro atoms. The highest BCUT2D eigenvalue weighted by Gasteiger charge is 2.19. The Balaban J connectivity index is 1.59. The van der Waals surface area contributed by atoms with Crippen LogP contribution in [0.3, 0.4) is 0 Å². The summed E-state index contributed by atoms with van der Waals surface area (Å²) in [5.74, 6) is 2.00. The number of aliphatic hydroxyl groups excluding tert-OH is 1. The molecule has 0 saturated carbocycles. The van der Waals surface area contributed by atoms with Crippen molar-refractivity contribution in [1.82, 2.24) is 14.8 Å². The van der Waals surface area contributed by atoms with Crippen molar-refractivity contribution in [2.45, 2.75) is 6.10 Å². The van der Waals surface area contributed by atoms with E-state index in [0.29, 0.717) is 23.9 Å². The van der Waals surface area contributed by atoms with Gasteiger partial charge in [-0.25, -0.2) is 4.68 Å². The van der Waals surface area contributed by atoms with Crippen molar-refractivity contribution in [3.8, 4) is 34.6 Å². The Morgan fingerprint density at radius 1 is 1.14 bits per heavy atom. The molecular formula is C20H22N4O5. The molecule has 1 aliphatic heterocycles. The lowest BCUT2D eigenvalue weighted by molar-refractivity contribution is 0.0727. The molecule has 4 rings (SSSR count). The van der Waals surface area contributed by atoms with Crippen LogP contribution < -0.4 is 19.5 Å². The van der Waals surface area contributed by atoms with Gasteiger partial charge in [-0.2, -0.15) is 4.98 Å². The molecule has 1 aromatic heterocycles. The van der Waals surface area contributed by atoms with Gasteiger partial charge in [0.15, 0.2) is 17.3 Å². The van der Waals surface area contributed by atoms with Crippen molar-refractivity contribution in [3.63, 3.8) is 0 Å². The van der Waals surface area contributed by atoms with Crippen molar-refractivity contribution in [2.75, 3.05) is 39.5 Å². The zero-order chi connectivity index (χ0) is 20.2. The van der Waals surface area contributed by atoms with E-state index >= 15 is 0 Å². The maximum absolute atomic E-state index is 9.76. The molecule has 29 heavy (non-hydrogen) atoms. The van der Waals surface area contributed by atoms with Gasteiger partial charge in [-0.1, -0.05) is 0 Å². The summed E-state index contributed by atoms with van der Waals surface area (Å²) in [6.07, 6.45) is -0.572. The maximum Gasteiger partial charge on any atom is 0.336 e. The molecule has 0 aliphatic carbocycles. The van der Waals surface area contributed by atoms with Crippen molar-refractivity contribution in [3.05, 3.63) is 42.5 Å². The van der Waals surface area contributed by atoms with Crippen LogP contribution in [0.2, 0.25) is 0 Å². The molecule has 0 fully saturated rings. The van der Waals surface area contributed by atoms with Crippen LogP contribution in [0.5, 0.6) is 17.5 Å². The zero-order valence-corrected chi connectivity index (χ0v) is 16.2. The van der Waals surface area contributed by atoms with Crippen molar-refractivity contribution < 1.29 is 24.1 Å². The van der Waals surface area contributed by atoms with E-state index < -0.39 is 6.10 Å². The van der Waals surface area contributed by atoms with E-state index in [1.54, 1.807) is 11.8 Å². The first-order valence-corrected chi connectivity index (χ1v) is 9.10. The molecular weight excluding hydrogens is 376 g/mol. The molecule has 1 unspecified atom stereocenters. The minimum Gasteiger partial charge on any atom is -0.466 e. The van der Waals surface area contributed by atoms with Crippen LogP contribution in [-0.2, 0) is 4.74 Å². The second-order valence-corrected chi connectivity index (χ2v) is 6.44. The number of aliphatic hydroxyl groups is 1. The highest BCUT2D eigenvalue weighted by molar-refractivity contribution is 5.64. The number of nitrogens with one attached hydrogen (secondary N) is 1. The fourth-order valence-electron chi connectivity index (χ4n) is 2.99. The predicted molar refractivity (Wildman–Crippen MR) is 106 cm³/mol. The smallest absolute Gasteiger partial charge is 0.336 e. The summed E-state index contributed by atoms with van der Waals surface area (Å²) in [5, 5.41) is 17.4. The Bertz CT molecular complexity index is 974. The highest BCUT2D eigenvalue weighted by Crippen LogP contribution is 2.36. The molecule has 2 heterocycles. The van der Waals surface area contributed by atoms with Gasteiger partial charge in [0.1, 0.15) is 0 Å². The monoisotopic (exact) mass is 398 g/mol. The highest BCUT2D eigenvalue weighted by atomic mass is 16.7. The molecule has 1 aliphatic rings. The SMILES string of the molecule is COCC(O)CNc1ccc(-n2nc(OC)nc2-c2ccc3c(c2)OCO3)cc1. The van der Waals surface area contributed by atoms with Crippen LogP contribution in [0.4, 0.5) is 5.69 Å². The molecule has 9 nitrogen and oxygen atoms in total. The second-order valence-electron chi connectivity index (χ2n) is 6.44. The molecule has 0 amide bonds. The molecule has 1 atom stereocenters. The number of aromatic nitrogens is 3. The Morgan fingerprint density at radius 3 is 2.69 bits per heavy atom. The number of fused-ring (bicyclic) bond motifs is 1. The average molecular weight is 398 g/mol. The van der Waals surface area contributed by atoms with Gasteiger partial charge >= 0.3 is 6.01 Å². The summed E-state index contributed by atoms with van der Waals surface area (Å²) in [6, 6.07) is 13.5. The summed E-state index contributed by atoms with van der Waals surface area (Å²) in [7, 11) is 3.09. The molecule has 3 aromatic rings. The fourth-order valence-corrected chi connectivity index (χ4v) is 2.99. The molecule has 9 heteroatoms. The Kier molecular flexibility index (Phi) is 5.50. The third kappa shape index (κ3) is 4.10. The van der Waals surface area contributed by atoms with Gasteiger partial charge in [0.05, 0.1) is 25.5 Å². The maximum atomic E-state index is 9.76. The number of benzene rings is 2. The molecule has 0 bridgehead atoms. The first-order valence-electron chi connectivity index (χ1n) is 9.10. The van der Waals surface area contributed by atoms with Gasteiger partial charge in [-0.05, 0) is 42.5 Å². The average Bonchev–Trinajstić information content (AvgIpc) is 3.39. The number of methoxy groups -OCH3 is 2. The number of nitrogens with zero attached hydrogens (tertiary/aromatic N) is 3. The van der Waals surface area contributed by atoms with Gasteiger partial charge < -0.3 is 29.4 Å². The van der Waals surface area contributed by atoms with Crippen LogP contribution in [0.25, 0.3) is 17.1 Å². The summed E-state index contributed by atoms with van der Waals surface area (Å²) >= 11 is 0. The molecule has 2 aromatic carbocycles. The summed E-state index contributed by atoms with van der Waals surface area (Å²) < 4.78 is 22.7. The van der Waals surface area contributed by atoms with Crippen molar-refractivity contribution in [2.24, 2.45) is 0 Å². The Hall–Kier alpha value is -3.30. The van der Waals surface area contributed by atoms with Crippen LogP contribution in [0.15, 0.2) is 42.5 Å². The van der Waals surface area contributed by atoms with E-state index in [-0.39, 0.29) is 19.4 Å². The van der Waals surface area contributed by atoms with Gasteiger partial charge in [-0.15, -0.1) is 5.10 Å². The Morgan fingerprint density at radius 2 is 1.93 bits per heavy atom. The minimum absolute atomic E-state index is 0.211. The van der Waals surface area contributed by atoms with Gasteiger partial charge in [0, 0.05) is 24.9 Å². The van der Waals surface area contributed by atoms with Crippen molar-refractivity contribution >= 4 is 5.69 Å². The van der Waals surface area contributed by atoms with Crippen LogP contribution in [0.1, 0.15) is 0 Å². The number of anilines is 1. The Labute approximate surface area is 167 Å². The number of hydrogen-bond donors (Lipinski definition) is 2. The number of hydrogen-bond acceptors (Lipinski definition) is 8. The van der Waals surface area contributed by atoms with Crippen LogP contribution >= 0.6 is 0 Å². The molecule has 2 N–H and O–H groups in total. The van der Waals surface area contributed by atoms with Gasteiger partial charge in [0.25, 0.3) is 0 Å². The van der Waals surface area contributed by atoms with E-state index in [1.165, 1.54) is 7.11 Å². The van der Waals surface area contributed by atoms with Crippen LogP contribution in [-0.4, -0.2) is 60.1 Å². The lowest BCUT2D eigenvalue weighted by Gasteiger charge is -2.12. The van der Waals surface area contributed by atoms with Gasteiger partial charge in [-0.3, -0.25) is 0 Å². The normalized spacial score (nSPS) is 13.3. The van der Waals surface area contributed by atoms with Gasteiger partial charge in [0.2, 0.25) is 6.79 Å². The predicted octanol–water partition coefficient (Wildman–Crippen LogP) is 2.09. The molecule has 152 valence electrons. The molecule has 0 radical (unpaired) electrons. The summed E-state index contributed by atoms with van der Waals surface area (Å²) in [5.41, 5.74) is 2.52. The van der Waals surface area contributed by atoms with E-state index in [2.05, 4.69) is 15.4 Å². The third-order valence-corrected chi connectivity index (χ3v) is 4.41. The lowest BCUT2D eigenvalue weighted by atomic mass is 10.2. The zero-order valence-electron chi connectivity index (χ0n) is 16.2. The number of rotatable bonds is 8. The van der Waals surface area contributed by atoms with E-state index in [0.717, 1.165) is 16.9 Å². The summed E-state index contributed by atoms with van der Waals surface area (Å²) in [6.45, 7) is 0.887. The second kappa shape index (κ2) is 8.38. The largest absolute Gasteiger partial charge is 0.466 e. The standard InChI is InChI=1S/C20H22N4O5/c1-26-11-16(25)10-21-14-4-6-15(7-5-14)24-19(22-20(23-24)27-2)13-3-8-17-18(9-13)29-12-28-17/h3-9,16,21,25H,10-12H2,1-2H3. The first kappa shape index (κ1) is 19.0. The quantitative estimate of drug-likeness (QED) is 0.595. The van der Waals surface area contributed by atoms with E-state index in [4.69, 9.17) is 18.9 Å². The third-order valence-electron chi connectivity index (χ3n) is 4.41. The summed E-state index contributed by atoms with van der Waals surface area (Å²) in [4.78, 5) is 4.47. The first-order chi connectivity index (χ1) is 14.2. The van der Waals surface area contributed by atoms with E-state index in [9.17, 15) is 5.11 Å². The topological polar surface area (TPSA) is 99.9 Å². The minimum atomic E-state index is -0.572. The van der Waals surface area contributed by atoms with Crippen LogP contribution in [0, 0.1) is 0 Å². The van der Waals surface area contributed by atoms with Crippen molar-refractivity contribution in [1.29, 1.82) is 0 Å². The molecule has 0 saturated heterocycles. The lowest BCUT2D eigenvalue weighted by Crippen LogP contribution is -2.24.